The van der Waals surface area contributed by atoms with Crippen LogP contribution >= 0.6 is 0 Å². The monoisotopic (exact) mass is 287 g/mol. The molecule has 1 unspecified atom stereocenters. The Kier molecular flexibility index (Phi) is 4.63. The first kappa shape index (κ1) is 15.0. The SMILES string of the molecule is CC(C)c1ccc(C(CN)N2CCN(C3CC3)CC2)cc1. The summed E-state index contributed by atoms with van der Waals surface area (Å²) >= 11 is 0. The third kappa shape index (κ3) is 3.47. The highest BCUT2D eigenvalue weighted by atomic mass is 15.3. The molecule has 0 radical (unpaired) electrons. The predicted octanol–water partition coefficient (Wildman–Crippen LogP) is 2.59. The van der Waals surface area contributed by atoms with Crippen molar-refractivity contribution < 1.29 is 0 Å². The Balaban J connectivity index is 1.64. The van der Waals surface area contributed by atoms with Crippen LogP contribution in [-0.2, 0) is 0 Å². The van der Waals surface area contributed by atoms with E-state index in [1.165, 1.54) is 37.1 Å². The molecular formula is C18H29N3. The molecule has 0 amide bonds. The molecule has 1 aromatic rings. The molecule has 1 saturated heterocycles. The van der Waals surface area contributed by atoms with Gasteiger partial charge in [0.1, 0.15) is 0 Å². The van der Waals surface area contributed by atoms with Crippen molar-refractivity contribution in [3.05, 3.63) is 35.4 Å². The largest absolute Gasteiger partial charge is 0.329 e. The fourth-order valence-corrected chi connectivity index (χ4v) is 3.45. The van der Waals surface area contributed by atoms with Crippen LogP contribution in [0.1, 0.15) is 49.8 Å². The third-order valence-corrected chi connectivity index (χ3v) is 5.06. The van der Waals surface area contributed by atoms with Crippen LogP contribution in [0.5, 0.6) is 0 Å². The van der Waals surface area contributed by atoms with Gasteiger partial charge < -0.3 is 5.73 Å². The molecule has 0 spiro atoms. The fraction of sp³-hybridized carbons (Fsp3) is 0.667. The van der Waals surface area contributed by atoms with E-state index in [9.17, 15) is 0 Å². The second-order valence-electron chi connectivity index (χ2n) is 6.88. The van der Waals surface area contributed by atoms with Crippen molar-refractivity contribution in [2.24, 2.45) is 5.73 Å². The zero-order chi connectivity index (χ0) is 14.8. The Labute approximate surface area is 129 Å². The van der Waals surface area contributed by atoms with E-state index in [-0.39, 0.29) is 0 Å². The van der Waals surface area contributed by atoms with Crippen LogP contribution in [0.2, 0.25) is 0 Å². The van der Waals surface area contributed by atoms with E-state index >= 15 is 0 Å². The summed E-state index contributed by atoms with van der Waals surface area (Å²) in [5, 5.41) is 0. The second-order valence-corrected chi connectivity index (χ2v) is 6.88. The molecule has 1 aromatic carbocycles. The van der Waals surface area contributed by atoms with E-state index in [0.717, 1.165) is 19.1 Å². The fourth-order valence-electron chi connectivity index (χ4n) is 3.45. The number of hydrogen-bond donors (Lipinski definition) is 1. The molecule has 3 rings (SSSR count). The summed E-state index contributed by atoms with van der Waals surface area (Å²) in [4.78, 5) is 5.23. The number of hydrogen-bond acceptors (Lipinski definition) is 3. The van der Waals surface area contributed by atoms with Crippen LogP contribution in [0.3, 0.4) is 0 Å². The van der Waals surface area contributed by atoms with Crippen LogP contribution in [-0.4, -0.2) is 48.6 Å². The molecular weight excluding hydrogens is 258 g/mol. The molecule has 2 fully saturated rings. The van der Waals surface area contributed by atoms with E-state index in [1.54, 1.807) is 0 Å². The van der Waals surface area contributed by atoms with Crippen molar-refractivity contribution >= 4 is 0 Å². The number of benzene rings is 1. The topological polar surface area (TPSA) is 32.5 Å². The van der Waals surface area contributed by atoms with E-state index < -0.39 is 0 Å². The van der Waals surface area contributed by atoms with Gasteiger partial charge in [0.05, 0.1) is 0 Å². The quantitative estimate of drug-likeness (QED) is 0.903. The lowest BCUT2D eigenvalue weighted by Gasteiger charge is -2.39. The summed E-state index contributed by atoms with van der Waals surface area (Å²) < 4.78 is 0. The minimum absolute atomic E-state index is 0.382. The third-order valence-electron chi connectivity index (χ3n) is 5.06. The number of nitrogens with zero attached hydrogens (tertiary/aromatic N) is 2. The van der Waals surface area contributed by atoms with Gasteiger partial charge in [0.25, 0.3) is 0 Å². The summed E-state index contributed by atoms with van der Waals surface area (Å²) in [6, 6.07) is 10.4. The van der Waals surface area contributed by atoms with Gasteiger partial charge in [-0.2, -0.15) is 0 Å². The lowest BCUT2D eigenvalue weighted by Crippen LogP contribution is -2.49. The van der Waals surface area contributed by atoms with Crippen molar-refractivity contribution in [1.82, 2.24) is 9.80 Å². The van der Waals surface area contributed by atoms with E-state index in [1.807, 2.05) is 0 Å². The first-order valence-electron chi connectivity index (χ1n) is 8.47. The van der Waals surface area contributed by atoms with Gasteiger partial charge in [0, 0.05) is 44.8 Å². The smallest absolute Gasteiger partial charge is 0.0471 e. The highest BCUT2D eigenvalue weighted by Gasteiger charge is 2.32. The highest BCUT2D eigenvalue weighted by Crippen LogP contribution is 2.29. The normalized spacial score (nSPS) is 22.7. The average Bonchev–Trinajstić information content (AvgIpc) is 3.34. The Morgan fingerprint density at radius 2 is 1.57 bits per heavy atom. The van der Waals surface area contributed by atoms with Crippen molar-refractivity contribution in [3.63, 3.8) is 0 Å². The molecule has 3 nitrogen and oxygen atoms in total. The Morgan fingerprint density at radius 3 is 2.05 bits per heavy atom. The Hall–Kier alpha value is -0.900. The molecule has 1 saturated carbocycles. The second kappa shape index (κ2) is 6.47. The Morgan fingerprint density at radius 1 is 1.00 bits per heavy atom. The molecule has 116 valence electrons. The highest BCUT2D eigenvalue weighted by molar-refractivity contribution is 5.27. The van der Waals surface area contributed by atoms with Gasteiger partial charge in [-0.05, 0) is 29.9 Å². The van der Waals surface area contributed by atoms with Gasteiger partial charge in [0.15, 0.2) is 0 Å². The van der Waals surface area contributed by atoms with Crippen molar-refractivity contribution in [2.75, 3.05) is 32.7 Å². The molecule has 21 heavy (non-hydrogen) atoms. The summed E-state index contributed by atoms with van der Waals surface area (Å²) in [6.07, 6.45) is 2.83. The maximum atomic E-state index is 6.09. The summed E-state index contributed by atoms with van der Waals surface area (Å²) in [6.45, 7) is 9.94. The number of rotatable bonds is 5. The predicted molar refractivity (Wildman–Crippen MR) is 88.5 cm³/mol. The van der Waals surface area contributed by atoms with E-state index in [2.05, 4.69) is 47.9 Å². The van der Waals surface area contributed by atoms with Crippen molar-refractivity contribution in [3.8, 4) is 0 Å². The van der Waals surface area contributed by atoms with E-state index in [4.69, 9.17) is 5.73 Å². The minimum Gasteiger partial charge on any atom is -0.329 e. The van der Waals surface area contributed by atoms with Gasteiger partial charge >= 0.3 is 0 Å². The number of piperazine rings is 1. The minimum atomic E-state index is 0.382. The first-order chi connectivity index (χ1) is 10.2. The van der Waals surface area contributed by atoms with Gasteiger partial charge in [-0.3, -0.25) is 9.80 Å². The van der Waals surface area contributed by atoms with Gasteiger partial charge in [-0.25, -0.2) is 0 Å². The standard InChI is InChI=1S/C18H29N3/c1-14(2)15-3-5-16(6-4-15)18(13-19)21-11-9-20(10-12-21)17-7-8-17/h3-6,14,17-18H,7-13,19H2,1-2H3. The zero-order valence-electron chi connectivity index (χ0n) is 13.5. The van der Waals surface area contributed by atoms with Gasteiger partial charge in [-0.1, -0.05) is 38.1 Å². The average molecular weight is 287 g/mol. The first-order valence-corrected chi connectivity index (χ1v) is 8.47. The summed E-state index contributed by atoms with van der Waals surface area (Å²) in [5.41, 5.74) is 8.87. The lowest BCUT2D eigenvalue weighted by atomic mass is 9.98. The van der Waals surface area contributed by atoms with Crippen LogP contribution < -0.4 is 5.73 Å². The van der Waals surface area contributed by atoms with Crippen molar-refractivity contribution in [1.29, 1.82) is 0 Å². The van der Waals surface area contributed by atoms with Crippen LogP contribution in [0.15, 0.2) is 24.3 Å². The maximum Gasteiger partial charge on any atom is 0.0471 e. The van der Waals surface area contributed by atoms with Crippen molar-refractivity contribution in [2.45, 2.75) is 44.7 Å². The van der Waals surface area contributed by atoms with Crippen LogP contribution in [0.4, 0.5) is 0 Å². The molecule has 2 N–H and O–H groups in total. The maximum absolute atomic E-state index is 6.09. The lowest BCUT2D eigenvalue weighted by molar-refractivity contribution is 0.0938. The van der Waals surface area contributed by atoms with Crippen LogP contribution in [0.25, 0.3) is 0 Å². The summed E-state index contributed by atoms with van der Waals surface area (Å²) in [7, 11) is 0. The molecule has 1 aliphatic heterocycles. The van der Waals surface area contributed by atoms with Crippen LogP contribution in [0, 0.1) is 0 Å². The molecule has 2 aliphatic rings. The molecule has 1 aliphatic carbocycles. The van der Waals surface area contributed by atoms with Gasteiger partial charge in [-0.15, -0.1) is 0 Å². The number of nitrogens with two attached hydrogens (primary N) is 1. The Bertz CT molecular complexity index is 442. The van der Waals surface area contributed by atoms with Gasteiger partial charge in [0.2, 0.25) is 0 Å². The van der Waals surface area contributed by atoms with E-state index in [0.29, 0.717) is 18.5 Å². The molecule has 3 heteroatoms. The summed E-state index contributed by atoms with van der Waals surface area (Å²) in [5.74, 6) is 0.595. The molecule has 0 aromatic heterocycles. The molecule has 1 heterocycles. The molecule has 0 bridgehead atoms. The zero-order valence-corrected chi connectivity index (χ0v) is 13.5. The molecule has 1 atom stereocenters.